The molecule has 16 heavy (non-hydrogen) atoms. The highest BCUT2D eigenvalue weighted by Gasteiger charge is 2.16. The second kappa shape index (κ2) is 5.32. The molecule has 88 valence electrons. The summed E-state index contributed by atoms with van der Waals surface area (Å²) in [4.78, 5) is 0. The van der Waals surface area contributed by atoms with Crippen molar-refractivity contribution in [2.45, 2.75) is 19.4 Å². The van der Waals surface area contributed by atoms with E-state index in [1.165, 1.54) is 11.1 Å². The quantitative estimate of drug-likeness (QED) is 0.846. The van der Waals surface area contributed by atoms with E-state index in [1.54, 1.807) is 7.11 Å². The average Bonchev–Trinajstić information content (AvgIpc) is 2.39. The van der Waals surface area contributed by atoms with E-state index >= 15 is 0 Å². The van der Waals surface area contributed by atoms with Gasteiger partial charge in [-0.15, -0.1) is 0 Å². The minimum atomic E-state index is 0.185. The van der Waals surface area contributed by atoms with Crippen LogP contribution in [0.3, 0.4) is 0 Å². The molecule has 1 heterocycles. The SMILES string of the molecule is CCc1cc(C2CNCCO2)ccc1OC. The number of aryl methyl sites for hydroxylation is 1. The number of methoxy groups -OCH3 is 1. The zero-order valence-electron chi connectivity index (χ0n) is 9.95. The van der Waals surface area contributed by atoms with Crippen LogP contribution in [-0.2, 0) is 11.2 Å². The van der Waals surface area contributed by atoms with Gasteiger partial charge in [0.1, 0.15) is 5.75 Å². The monoisotopic (exact) mass is 221 g/mol. The smallest absolute Gasteiger partial charge is 0.122 e. The summed E-state index contributed by atoms with van der Waals surface area (Å²) in [6.07, 6.45) is 1.17. The molecule has 2 rings (SSSR count). The largest absolute Gasteiger partial charge is 0.496 e. The highest BCUT2D eigenvalue weighted by atomic mass is 16.5. The van der Waals surface area contributed by atoms with Crippen molar-refractivity contribution in [1.29, 1.82) is 0 Å². The molecule has 0 radical (unpaired) electrons. The molecule has 1 atom stereocenters. The third kappa shape index (κ3) is 2.36. The van der Waals surface area contributed by atoms with Gasteiger partial charge in [0.25, 0.3) is 0 Å². The molecule has 1 N–H and O–H groups in total. The number of benzene rings is 1. The molecule has 3 heteroatoms. The molecule has 1 aliphatic heterocycles. The van der Waals surface area contributed by atoms with Gasteiger partial charge in [-0.3, -0.25) is 0 Å². The van der Waals surface area contributed by atoms with E-state index in [4.69, 9.17) is 9.47 Å². The first kappa shape index (κ1) is 11.4. The molecule has 0 amide bonds. The Morgan fingerprint density at radius 3 is 3.00 bits per heavy atom. The van der Waals surface area contributed by atoms with Gasteiger partial charge < -0.3 is 14.8 Å². The second-order valence-electron chi connectivity index (χ2n) is 3.99. The number of morpholine rings is 1. The zero-order valence-corrected chi connectivity index (χ0v) is 9.95. The van der Waals surface area contributed by atoms with Gasteiger partial charge in [-0.1, -0.05) is 13.0 Å². The van der Waals surface area contributed by atoms with Gasteiger partial charge in [-0.25, -0.2) is 0 Å². The van der Waals surface area contributed by atoms with Gasteiger partial charge >= 0.3 is 0 Å². The minimum absolute atomic E-state index is 0.185. The summed E-state index contributed by atoms with van der Waals surface area (Å²) < 4.78 is 11.1. The van der Waals surface area contributed by atoms with Crippen molar-refractivity contribution in [3.63, 3.8) is 0 Å². The van der Waals surface area contributed by atoms with Crippen molar-refractivity contribution in [2.24, 2.45) is 0 Å². The fourth-order valence-corrected chi connectivity index (χ4v) is 2.05. The topological polar surface area (TPSA) is 30.5 Å². The molecule has 0 bridgehead atoms. The molecular weight excluding hydrogens is 202 g/mol. The van der Waals surface area contributed by atoms with Crippen LogP contribution in [0.4, 0.5) is 0 Å². The lowest BCUT2D eigenvalue weighted by Crippen LogP contribution is -2.33. The molecule has 0 saturated carbocycles. The molecule has 1 aromatic rings. The van der Waals surface area contributed by atoms with Crippen LogP contribution in [0.25, 0.3) is 0 Å². The van der Waals surface area contributed by atoms with Crippen LogP contribution in [0.2, 0.25) is 0 Å². The number of ether oxygens (including phenoxy) is 2. The van der Waals surface area contributed by atoms with E-state index < -0.39 is 0 Å². The third-order valence-electron chi connectivity index (χ3n) is 2.98. The summed E-state index contributed by atoms with van der Waals surface area (Å²) in [5.41, 5.74) is 2.49. The molecule has 1 aromatic carbocycles. The molecule has 1 aliphatic rings. The van der Waals surface area contributed by atoms with Crippen molar-refractivity contribution >= 4 is 0 Å². The van der Waals surface area contributed by atoms with Gasteiger partial charge in [-0.05, 0) is 29.7 Å². The maximum atomic E-state index is 5.73. The minimum Gasteiger partial charge on any atom is -0.496 e. The molecule has 0 spiro atoms. The zero-order chi connectivity index (χ0) is 11.4. The van der Waals surface area contributed by atoms with E-state index in [9.17, 15) is 0 Å². The fraction of sp³-hybridized carbons (Fsp3) is 0.538. The summed E-state index contributed by atoms with van der Waals surface area (Å²) in [5, 5.41) is 3.34. The summed E-state index contributed by atoms with van der Waals surface area (Å²) in [5.74, 6) is 0.968. The highest BCUT2D eigenvalue weighted by Crippen LogP contribution is 2.26. The van der Waals surface area contributed by atoms with Crippen LogP contribution < -0.4 is 10.1 Å². The van der Waals surface area contributed by atoms with Crippen LogP contribution in [0, 0.1) is 0 Å². The van der Waals surface area contributed by atoms with Crippen molar-refractivity contribution in [2.75, 3.05) is 26.8 Å². The fourth-order valence-electron chi connectivity index (χ4n) is 2.05. The first-order chi connectivity index (χ1) is 7.85. The first-order valence-corrected chi connectivity index (χ1v) is 5.84. The van der Waals surface area contributed by atoms with E-state index in [-0.39, 0.29) is 6.10 Å². The molecule has 1 fully saturated rings. The van der Waals surface area contributed by atoms with Crippen molar-refractivity contribution in [3.8, 4) is 5.75 Å². The Kier molecular flexibility index (Phi) is 3.80. The Labute approximate surface area is 96.8 Å². The van der Waals surface area contributed by atoms with Crippen LogP contribution in [0.1, 0.15) is 24.2 Å². The van der Waals surface area contributed by atoms with E-state index in [1.807, 2.05) is 6.07 Å². The summed E-state index contributed by atoms with van der Waals surface area (Å²) in [6.45, 7) is 4.78. The Hall–Kier alpha value is -1.06. The summed E-state index contributed by atoms with van der Waals surface area (Å²) in [7, 11) is 1.72. The van der Waals surface area contributed by atoms with Crippen LogP contribution in [-0.4, -0.2) is 26.8 Å². The maximum Gasteiger partial charge on any atom is 0.122 e. The van der Waals surface area contributed by atoms with Crippen LogP contribution in [0.15, 0.2) is 18.2 Å². The normalized spacial score (nSPS) is 20.8. The van der Waals surface area contributed by atoms with E-state index in [0.29, 0.717) is 0 Å². The van der Waals surface area contributed by atoms with E-state index in [2.05, 4.69) is 24.4 Å². The Morgan fingerprint density at radius 2 is 2.38 bits per heavy atom. The molecule has 1 saturated heterocycles. The van der Waals surface area contributed by atoms with Gasteiger partial charge in [0.2, 0.25) is 0 Å². The van der Waals surface area contributed by atoms with Gasteiger partial charge in [0.05, 0.1) is 19.8 Å². The lowest BCUT2D eigenvalue weighted by atomic mass is 10.0. The summed E-state index contributed by atoms with van der Waals surface area (Å²) in [6, 6.07) is 6.32. The average molecular weight is 221 g/mol. The summed E-state index contributed by atoms with van der Waals surface area (Å²) >= 11 is 0. The molecule has 1 unspecified atom stereocenters. The lowest BCUT2D eigenvalue weighted by molar-refractivity contribution is 0.0276. The third-order valence-corrected chi connectivity index (χ3v) is 2.98. The standard InChI is InChI=1S/C13H19NO2/c1-3-10-8-11(4-5-12(10)15-2)13-9-14-6-7-16-13/h4-5,8,13-14H,3,6-7,9H2,1-2H3. The Balaban J connectivity index is 2.20. The predicted molar refractivity (Wildman–Crippen MR) is 63.9 cm³/mol. The predicted octanol–water partition coefficient (Wildman–Crippen LogP) is 1.92. The van der Waals surface area contributed by atoms with Crippen molar-refractivity contribution < 1.29 is 9.47 Å². The number of nitrogens with one attached hydrogen (secondary N) is 1. The van der Waals surface area contributed by atoms with Gasteiger partial charge in [0, 0.05) is 13.1 Å². The molecule has 0 aliphatic carbocycles. The number of hydrogen-bond acceptors (Lipinski definition) is 3. The second-order valence-corrected chi connectivity index (χ2v) is 3.99. The number of hydrogen-bond donors (Lipinski definition) is 1. The van der Waals surface area contributed by atoms with E-state index in [0.717, 1.165) is 31.9 Å². The lowest BCUT2D eigenvalue weighted by Gasteiger charge is -2.24. The molecule has 0 aromatic heterocycles. The van der Waals surface area contributed by atoms with Gasteiger partial charge in [0.15, 0.2) is 0 Å². The Bertz CT molecular complexity index is 346. The maximum absolute atomic E-state index is 5.73. The van der Waals surface area contributed by atoms with Crippen molar-refractivity contribution in [1.82, 2.24) is 5.32 Å². The van der Waals surface area contributed by atoms with Crippen LogP contribution in [0.5, 0.6) is 5.75 Å². The molecule has 3 nitrogen and oxygen atoms in total. The first-order valence-electron chi connectivity index (χ1n) is 5.84. The highest BCUT2D eigenvalue weighted by molar-refractivity contribution is 5.38. The van der Waals surface area contributed by atoms with Crippen LogP contribution >= 0.6 is 0 Å². The Morgan fingerprint density at radius 1 is 1.50 bits per heavy atom. The molecular formula is C13H19NO2. The van der Waals surface area contributed by atoms with Gasteiger partial charge in [-0.2, -0.15) is 0 Å². The van der Waals surface area contributed by atoms with Crippen molar-refractivity contribution in [3.05, 3.63) is 29.3 Å². The number of rotatable bonds is 3.